The molecule has 2 aliphatic rings. The van der Waals surface area contributed by atoms with Gasteiger partial charge in [0.15, 0.2) is 0 Å². The molecule has 1 N–H and O–H groups in total. The molecule has 36 heavy (non-hydrogen) atoms. The average molecular weight is 507 g/mol. The molecule has 2 atom stereocenters. The minimum Gasteiger partial charge on any atom is -0.349 e. The number of rotatable bonds is 5. The lowest BCUT2D eigenvalue weighted by atomic mass is 9.86. The van der Waals surface area contributed by atoms with Gasteiger partial charge in [-0.25, -0.2) is 13.4 Å². The summed E-state index contributed by atoms with van der Waals surface area (Å²) in [5, 5.41) is 3.79. The summed E-state index contributed by atoms with van der Waals surface area (Å²) in [6.07, 6.45) is 9.47. The zero-order chi connectivity index (χ0) is 25.3. The number of carbonyl (C=O) groups excluding carboxylic acids is 1. The van der Waals surface area contributed by atoms with Crippen molar-refractivity contribution in [3.8, 4) is 11.3 Å². The molecule has 2 aromatic heterocycles. The first-order valence-electron chi connectivity index (χ1n) is 13.0. The molecule has 1 saturated carbocycles. The Morgan fingerprint density at radius 1 is 1.03 bits per heavy atom. The number of pyridine rings is 2. The van der Waals surface area contributed by atoms with E-state index in [1.165, 1.54) is 6.42 Å². The highest BCUT2D eigenvalue weighted by molar-refractivity contribution is 7.89. The van der Waals surface area contributed by atoms with E-state index in [0.29, 0.717) is 47.1 Å². The van der Waals surface area contributed by atoms with Crippen molar-refractivity contribution in [2.75, 3.05) is 13.1 Å². The molecule has 1 saturated heterocycles. The minimum absolute atomic E-state index is 0.110. The fourth-order valence-corrected chi connectivity index (χ4v) is 6.86. The molecule has 1 amide bonds. The van der Waals surface area contributed by atoms with Gasteiger partial charge in [-0.3, -0.25) is 9.78 Å². The molecule has 1 aliphatic carbocycles. The summed E-state index contributed by atoms with van der Waals surface area (Å²) in [6.45, 7) is 5.38. The van der Waals surface area contributed by atoms with Crippen LogP contribution in [0.25, 0.3) is 22.2 Å². The van der Waals surface area contributed by atoms with E-state index in [1.54, 1.807) is 41.0 Å². The van der Waals surface area contributed by atoms with Gasteiger partial charge in [-0.05, 0) is 73.9 Å². The number of nitrogens with one attached hydrogen (secondary N) is 1. The van der Waals surface area contributed by atoms with Crippen molar-refractivity contribution in [3.63, 3.8) is 0 Å². The maximum Gasteiger partial charge on any atom is 0.252 e. The summed E-state index contributed by atoms with van der Waals surface area (Å²) < 4.78 is 28.5. The van der Waals surface area contributed by atoms with Gasteiger partial charge in [-0.15, -0.1) is 0 Å². The van der Waals surface area contributed by atoms with Crippen molar-refractivity contribution in [2.45, 2.75) is 63.3 Å². The van der Waals surface area contributed by atoms with Crippen LogP contribution in [0.1, 0.15) is 62.7 Å². The van der Waals surface area contributed by atoms with E-state index in [1.807, 2.05) is 12.1 Å². The monoisotopic (exact) mass is 506 g/mol. The fourth-order valence-electron chi connectivity index (χ4n) is 5.37. The Morgan fingerprint density at radius 2 is 1.81 bits per heavy atom. The molecule has 190 valence electrons. The molecule has 1 aromatic carbocycles. The summed E-state index contributed by atoms with van der Waals surface area (Å²) in [7, 11) is -3.65. The lowest BCUT2D eigenvalue weighted by molar-refractivity contribution is 0.0912. The van der Waals surface area contributed by atoms with Gasteiger partial charge in [-0.1, -0.05) is 26.7 Å². The smallest absolute Gasteiger partial charge is 0.252 e. The van der Waals surface area contributed by atoms with Crippen LogP contribution >= 0.6 is 0 Å². The summed E-state index contributed by atoms with van der Waals surface area (Å²) in [6, 6.07) is 10.6. The molecule has 2 fully saturated rings. The van der Waals surface area contributed by atoms with Crippen LogP contribution in [0.2, 0.25) is 0 Å². The van der Waals surface area contributed by atoms with E-state index in [-0.39, 0.29) is 16.8 Å². The zero-order valence-electron chi connectivity index (χ0n) is 21.0. The molecule has 0 bridgehead atoms. The Bertz CT molecular complexity index is 1350. The molecule has 7 nitrogen and oxygen atoms in total. The SMILES string of the molecule is CC1CCN(S(=O)(=O)c2ccc3nc(-c4cccnc4)cc(C(=O)N[C@H]4CCCC[C@H]4C)c3c2)CC1. The van der Waals surface area contributed by atoms with Crippen molar-refractivity contribution in [1.29, 1.82) is 0 Å². The van der Waals surface area contributed by atoms with Gasteiger partial charge < -0.3 is 5.32 Å². The molecule has 5 rings (SSSR count). The Kier molecular flexibility index (Phi) is 7.08. The maximum atomic E-state index is 13.6. The van der Waals surface area contributed by atoms with E-state index in [2.05, 4.69) is 24.1 Å². The third kappa shape index (κ3) is 5.02. The van der Waals surface area contributed by atoms with E-state index >= 15 is 0 Å². The van der Waals surface area contributed by atoms with Crippen LogP contribution in [0.5, 0.6) is 0 Å². The first kappa shape index (κ1) is 24.8. The molecule has 0 spiro atoms. The number of nitrogens with zero attached hydrogens (tertiary/aromatic N) is 3. The Labute approximate surface area is 213 Å². The second-order valence-corrected chi connectivity index (χ2v) is 12.3. The molecular weight excluding hydrogens is 472 g/mol. The predicted molar refractivity (Wildman–Crippen MR) is 141 cm³/mol. The van der Waals surface area contributed by atoms with E-state index < -0.39 is 10.0 Å². The molecule has 1 aliphatic heterocycles. The molecule has 8 heteroatoms. The summed E-state index contributed by atoms with van der Waals surface area (Å²) in [5.74, 6) is 0.749. The maximum absolute atomic E-state index is 13.6. The molecule has 3 aromatic rings. The number of sulfonamides is 1. The zero-order valence-corrected chi connectivity index (χ0v) is 21.8. The van der Waals surface area contributed by atoms with Gasteiger partial charge in [0.1, 0.15) is 0 Å². The quantitative estimate of drug-likeness (QED) is 0.524. The van der Waals surface area contributed by atoms with Crippen LogP contribution in [0.3, 0.4) is 0 Å². The summed E-state index contributed by atoms with van der Waals surface area (Å²) in [4.78, 5) is 22.8. The van der Waals surface area contributed by atoms with Gasteiger partial charge in [0.2, 0.25) is 10.0 Å². The number of carbonyl (C=O) groups is 1. The first-order valence-corrected chi connectivity index (χ1v) is 14.4. The number of fused-ring (bicyclic) bond motifs is 1. The van der Waals surface area contributed by atoms with Gasteiger partial charge in [0.25, 0.3) is 5.91 Å². The van der Waals surface area contributed by atoms with Crippen LogP contribution in [0.15, 0.2) is 53.7 Å². The van der Waals surface area contributed by atoms with Crippen LogP contribution in [-0.2, 0) is 10.0 Å². The minimum atomic E-state index is -3.65. The molecular formula is C28H34N4O3S. The first-order chi connectivity index (χ1) is 17.3. The van der Waals surface area contributed by atoms with Gasteiger partial charge in [-0.2, -0.15) is 4.31 Å². The number of aromatic nitrogens is 2. The van der Waals surface area contributed by atoms with Crippen LogP contribution in [0.4, 0.5) is 0 Å². The number of hydrogen-bond donors (Lipinski definition) is 1. The molecule has 0 unspecified atom stereocenters. The summed E-state index contributed by atoms with van der Waals surface area (Å²) >= 11 is 0. The predicted octanol–water partition coefficient (Wildman–Crippen LogP) is 5.03. The molecule has 3 heterocycles. The van der Waals surface area contributed by atoms with Crippen molar-refractivity contribution in [1.82, 2.24) is 19.6 Å². The van der Waals surface area contributed by atoms with Crippen molar-refractivity contribution < 1.29 is 13.2 Å². The topological polar surface area (TPSA) is 92.3 Å². The highest BCUT2D eigenvalue weighted by atomic mass is 32.2. The van der Waals surface area contributed by atoms with Crippen LogP contribution in [-0.4, -0.2) is 47.7 Å². The number of amides is 1. The van der Waals surface area contributed by atoms with Crippen molar-refractivity contribution in [2.24, 2.45) is 11.8 Å². The van der Waals surface area contributed by atoms with Crippen LogP contribution in [0, 0.1) is 11.8 Å². The van der Waals surface area contributed by atoms with Gasteiger partial charge in [0, 0.05) is 42.5 Å². The van der Waals surface area contributed by atoms with Gasteiger partial charge >= 0.3 is 0 Å². The second-order valence-electron chi connectivity index (χ2n) is 10.4. The van der Waals surface area contributed by atoms with E-state index in [9.17, 15) is 13.2 Å². The third-order valence-corrected chi connectivity index (χ3v) is 9.69. The Morgan fingerprint density at radius 3 is 2.53 bits per heavy atom. The number of piperidine rings is 1. The second kappa shape index (κ2) is 10.3. The largest absolute Gasteiger partial charge is 0.349 e. The number of benzene rings is 1. The van der Waals surface area contributed by atoms with Crippen LogP contribution < -0.4 is 5.32 Å². The standard InChI is InChI=1S/C28H34N4O3S/c1-19-11-14-32(15-12-19)36(34,35)22-9-10-26-23(16-22)24(17-27(30-26)21-7-5-13-29-18-21)28(33)31-25-8-4-3-6-20(25)2/h5,7,9-10,13,16-20,25H,3-4,6,8,11-12,14-15H2,1-2H3,(H,31,33)/t20-,25+/m1/s1. The highest BCUT2D eigenvalue weighted by Gasteiger charge is 2.29. The average Bonchev–Trinajstić information content (AvgIpc) is 2.89. The summed E-state index contributed by atoms with van der Waals surface area (Å²) in [5.41, 5.74) is 2.47. The lowest BCUT2D eigenvalue weighted by Gasteiger charge is -2.30. The van der Waals surface area contributed by atoms with E-state index in [4.69, 9.17) is 4.98 Å². The fraction of sp³-hybridized carbons (Fsp3) is 0.464. The Hall–Kier alpha value is -2.84. The van der Waals surface area contributed by atoms with Gasteiger partial charge in [0.05, 0.1) is 21.7 Å². The lowest BCUT2D eigenvalue weighted by Crippen LogP contribution is -2.41. The third-order valence-electron chi connectivity index (χ3n) is 7.79. The number of hydrogen-bond acceptors (Lipinski definition) is 5. The highest BCUT2D eigenvalue weighted by Crippen LogP contribution is 2.30. The molecule has 0 radical (unpaired) electrons. The van der Waals surface area contributed by atoms with Crippen molar-refractivity contribution >= 4 is 26.8 Å². The normalized spacial score (nSPS) is 21.9. The Balaban J connectivity index is 1.57. The van der Waals surface area contributed by atoms with E-state index in [0.717, 1.165) is 37.7 Å². The van der Waals surface area contributed by atoms with Crippen molar-refractivity contribution in [3.05, 3.63) is 54.4 Å².